The Balaban J connectivity index is 4.30. The van der Waals surface area contributed by atoms with Gasteiger partial charge in [0.1, 0.15) is 31.2 Å². The SMILES string of the molecule is CC(C)=CCC/C(C)=C\CCC(=O)CC(=O)C(CF)(CF)CF. The number of halogens is 3. The van der Waals surface area contributed by atoms with Crippen LogP contribution in [-0.4, -0.2) is 31.6 Å². The summed E-state index contributed by atoms with van der Waals surface area (Å²) < 4.78 is 38.2. The predicted molar refractivity (Wildman–Crippen MR) is 86.6 cm³/mol. The van der Waals surface area contributed by atoms with E-state index in [1.807, 2.05) is 26.8 Å². The number of hydrogen-bond donors (Lipinski definition) is 0. The van der Waals surface area contributed by atoms with Crippen molar-refractivity contribution in [2.75, 3.05) is 20.0 Å². The molecule has 0 rings (SSSR count). The van der Waals surface area contributed by atoms with Gasteiger partial charge in [-0.2, -0.15) is 0 Å². The lowest BCUT2D eigenvalue weighted by atomic mass is 9.84. The number of hydrogen-bond acceptors (Lipinski definition) is 2. The van der Waals surface area contributed by atoms with Crippen molar-refractivity contribution < 1.29 is 22.8 Å². The molecule has 0 unspecified atom stereocenters. The number of ketones is 2. The van der Waals surface area contributed by atoms with Gasteiger partial charge in [-0.05, 0) is 40.0 Å². The maximum Gasteiger partial charge on any atom is 0.154 e. The number of carbonyl (C=O) groups is 2. The molecule has 0 N–H and O–H groups in total. The van der Waals surface area contributed by atoms with Gasteiger partial charge in [-0.1, -0.05) is 23.3 Å². The molecule has 0 saturated carbocycles. The van der Waals surface area contributed by atoms with Crippen molar-refractivity contribution in [1.29, 1.82) is 0 Å². The molecule has 0 aromatic heterocycles. The summed E-state index contributed by atoms with van der Waals surface area (Å²) in [6.45, 7) is 1.76. The summed E-state index contributed by atoms with van der Waals surface area (Å²) >= 11 is 0. The monoisotopic (exact) mass is 332 g/mol. The van der Waals surface area contributed by atoms with Crippen molar-refractivity contribution in [2.24, 2.45) is 5.41 Å². The molecule has 0 aliphatic carbocycles. The smallest absolute Gasteiger partial charge is 0.154 e. The summed E-state index contributed by atoms with van der Waals surface area (Å²) in [7, 11) is 0. The number of allylic oxidation sites excluding steroid dienone is 4. The molecule has 0 saturated heterocycles. The van der Waals surface area contributed by atoms with Crippen LogP contribution in [0.3, 0.4) is 0 Å². The Morgan fingerprint density at radius 1 is 0.870 bits per heavy atom. The second-order valence-electron chi connectivity index (χ2n) is 6.23. The molecular formula is C18H27F3O2. The molecule has 0 aliphatic rings. The maximum absolute atomic E-state index is 12.7. The average Bonchev–Trinajstić information content (AvgIpc) is 2.49. The van der Waals surface area contributed by atoms with Crippen molar-refractivity contribution in [3.05, 3.63) is 23.3 Å². The van der Waals surface area contributed by atoms with Crippen LogP contribution in [0.25, 0.3) is 0 Å². The Hall–Kier alpha value is -1.39. The van der Waals surface area contributed by atoms with Gasteiger partial charge in [0.05, 0.1) is 6.42 Å². The van der Waals surface area contributed by atoms with E-state index >= 15 is 0 Å². The van der Waals surface area contributed by atoms with Crippen LogP contribution in [0.2, 0.25) is 0 Å². The summed E-state index contributed by atoms with van der Waals surface area (Å²) in [4.78, 5) is 23.4. The van der Waals surface area contributed by atoms with E-state index in [0.717, 1.165) is 18.4 Å². The van der Waals surface area contributed by atoms with E-state index < -0.39 is 43.4 Å². The van der Waals surface area contributed by atoms with E-state index in [0.29, 0.717) is 6.42 Å². The summed E-state index contributed by atoms with van der Waals surface area (Å²) in [6.07, 6.45) is 5.87. The zero-order valence-electron chi connectivity index (χ0n) is 14.3. The van der Waals surface area contributed by atoms with Crippen molar-refractivity contribution in [3.8, 4) is 0 Å². The maximum atomic E-state index is 12.7. The number of carbonyl (C=O) groups excluding carboxylic acids is 2. The number of rotatable bonds is 12. The third-order valence-electron chi connectivity index (χ3n) is 3.72. The van der Waals surface area contributed by atoms with Gasteiger partial charge in [0, 0.05) is 6.42 Å². The largest absolute Gasteiger partial charge is 0.299 e. The molecule has 0 aromatic rings. The Morgan fingerprint density at radius 3 is 1.87 bits per heavy atom. The fraction of sp³-hybridized carbons (Fsp3) is 0.667. The average molecular weight is 332 g/mol. The highest BCUT2D eigenvalue weighted by Crippen LogP contribution is 2.23. The molecule has 0 heterocycles. The Morgan fingerprint density at radius 2 is 1.39 bits per heavy atom. The van der Waals surface area contributed by atoms with Gasteiger partial charge in [0.2, 0.25) is 0 Å². The molecule has 0 atom stereocenters. The van der Waals surface area contributed by atoms with Gasteiger partial charge in [-0.15, -0.1) is 0 Å². The minimum Gasteiger partial charge on any atom is -0.299 e. The van der Waals surface area contributed by atoms with Gasteiger partial charge < -0.3 is 0 Å². The van der Waals surface area contributed by atoms with Crippen LogP contribution in [0.15, 0.2) is 23.3 Å². The molecule has 0 aliphatic heterocycles. The van der Waals surface area contributed by atoms with Crippen LogP contribution in [0.4, 0.5) is 13.2 Å². The summed E-state index contributed by atoms with van der Waals surface area (Å²) in [6, 6.07) is 0. The Bertz CT molecular complexity index is 437. The zero-order valence-corrected chi connectivity index (χ0v) is 14.3. The van der Waals surface area contributed by atoms with Gasteiger partial charge >= 0.3 is 0 Å². The van der Waals surface area contributed by atoms with Crippen LogP contribution >= 0.6 is 0 Å². The predicted octanol–water partition coefficient (Wildman–Crippen LogP) is 4.88. The van der Waals surface area contributed by atoms with Crippen LogP contribution in [0.1, 0.15) is 52.9 Å². The lowest BCUT2D eigenvalue weighted by Crippen LogP contribution is -2.39. The van der Waals surface area contributed by atoms with Crippen LogP contribution < -0.4 is 0 Å². The van der Waals surface area contributed by atoms with Gasteiger partial charge in [-0.25, -0.2) is 13.2 Å². The second-order valence-corrected chi connectivity index (χ2v) is 6.23. The zero-order chi connectivity index (χ0) is 17.9. The molecule has 2 nitrogen and oxygen atoms in total. The summed E-state index contributed by atoms with van der Waals surface area (Å²) in [5.41, 5.74) is 0.113. The highest BCUT2D eigenvalue weighted by molar-refractivity contribution is 6.02. The molecule has 23 heavy (non-hydrogen) atoms. The van der Waals surface area contributed by atoms with E-state index in [1.54, 1.807) is 0 Å². The minimum atomic E-state index is -2.29. The number of Topliss-reactive ketones (excluding diaryl/α,β-unsaturated/α-hetero) is 2. The van der Waals surface area contributed by atoms with E-state index in [1.165, 1.54) is 5.57 Å². The van der Waals surface area contributed by atoms with Crippen molar-refractivity contribution in [3.63, 3.8) is 0 Å². The molecule has 132 valence electrons. The Labute approximate surface area is 136 Å². The van der Waals surface area contributed by atoms with Crippen molar-refractivity contribution in [1.82, 2.24) is 0 Å². The lowest BCUT2D eigenvalue weighted by molar-refractivity contribution is -0.135. The van der Waals surface area contributed by atoms with Crippen LogP contribution in [-0.2, 0) is 9.59 Å². The third kappa shape index (κ3) is 8.14. The Kier molecular flexibility index (Phi) is 10.5. The van der Waals surface area contributed by atoms with E-state index in [-0.39, 0.29) is 6.42 Å². The molecular weight excluding hydrogens is 305 g/mol. The fourth-order valence-corrected chi connectivity index (χ4v) is 1.96. The quantitative estimate of drug-likeness (QED) is 0.377. The fourth-order valence-electron chi connectivity index (χ4n) is 1.96. The van der Waals surface area contributed by atoms with Crippen LogP contribution in [0.5, 0.6) is 0 Å². The first-order chi connectivity index (χ1) is 10.8. The highest BCUT2D eigenvalue weighted by Gasteiger charge is 2.39. The van der Waals surface area contributed by atoms with E-state index in [4.69, 9.17) is 0 Å². The summed E-state index contributed by atoms with van der Waals surface area (Å²) in [5, 5.41) is 0. The first-order valence-corrected chi connectivity index (χ1v) is 7.83. The normalized spacial score (nSPS) is 12.2. The van der Waals surface area contributed by atoms with Gasteiger partial charge in [0.15, 0.2) is 5.78 Å². The van der Waals surface area contributed by atoms with Gasteiger partial charge in [-0.3, -0.25) is 9.59 Å². The van der Waals surface area contributed by atoms with Crippen molar-refractivity contribution >= 4 is 11.6 Å². The number of alkyl halides is 3. The molecule has 0 radical (unpaired) electrons. The minimum absolute atomic E-state index is 0.118. The van der Waals surface area contributed by atoms with Gasteiger partial charge in [0.25, 0.3) is 0 Å². The lowest BCUT2D eigenvalue weighted by Gasteiger charge is -2.21. The topological polar surface area (TPSA) is 34.1 Å². The summed E-state index contributed by atoms with van der Waals surface area (Å²) in [5.74, 6) is -1.40. The molecule has 0 spiro atoms. The highest BCUT2D eigenvalue weighted by atomic mass is 19.1. The second kappa shape index (κ2) is 11.2. The first kappa shape index (κ1) is 21.6. The van der Waals surface area contributed by atoms with E-state index in [2.05, 4.69) is 6.08 Å². The molecule has 0 fully saturated rings. The van der Waals surface area contributed by atoms with E-state index in [9.17, 15) is 22.8 Å². The van der Waals surface area contributed by atoms with Crippen LogP contribution in [0, 0.1) is 5.41 Å². The molecule has 0 amide bonds. The molecule has 5 heteroatoms. The standard InChI is InChI=1S/C18H27F3O2/c1-14(2)6-4-7-15(3)8-5-9-16(22)10-17(23)18(11-19,12-20)13-21/h6,8H,4-5,7,9-13H2,1-3H3/b15-8-. The first-order valence-electron chi connectivity index (χ1n) is 7.83. The van der Waals surface area contributed by atoms with Crippen molar-refractivity contribution in [2.45, 2.75) is 52.9 Å². The molecule has 0 aromatic carbocycles. The molecule has 0 bridgehead atoms. The third-order valence-corrected chi connectivity index (χ3v) is 3.72.